The highest BCUT2D eigenvalue weighted by atomic mass is 16.5. The molecule has 1 atom stereocenters. The predicted molar refractivity (Wildman–Crippen MR) is 134 cm³/mol. The van der Waals surface area contributed by atoms with E-state index in [9.17, 15) is 0 Å². The standard InChI is InChI=1S/C28H30N4O2/c1-3-9-23(10-4-1)34-24-14-12-21(13-15-24)27-28-22(19-25(30-27)31-16-6-2-7-17-31)20-29-32(28)26-11-5-8-18-33-26/h1,3-4,9-10,12-15,19-20,26H,2,5-8,11,16-18H2. The Labute approximate surface area is 200 Å². The highest BCUT2D eigenvalue weighted by molar-refractivity contribution is 5.94. The molecule has 0 aliphatic carbocycles. The Hall–Kier alpha value is -3.38. The second kappa shape index (κ2) is 9.47. The van der Waals surface area contributed by atoms with E-state index in [1.165, 1.54) is 19.3 Å². The van der Waals surface area contributed by atoms with Crippen LogP contribution in [-0.4, -0.2) is 34.5 Å². The van der Waals surface area contributed by atoms with Crippen molar-refractivity contribution in [3.8, 4) is 22.8 Å². The summed E-state index contributed by atoms with van der Waals surface area (Å²) in [5.74, 6) is 2.67. The molecule has 0 radical (unpaired) electrons. The molecule has 6 heteroatoms. The fourth-order valence-corrected chi connectivity index (χ4v) is 4.99. The number of aromatic nitrogens is 3. The van der Waals surface area contributed by atoms with Crippen molar-refractivity contribution in [2.75, 3.05) is 24.6 Å². The Morgan fingerprint density at radius 1 is 0.853 bits per heavy atom. The normalized spacial score (nSPS) is 18.8. The number of ether oxygens (including phenoxy) is 2. The lowest BCUT2D eigenvalue weighted by Gasteiger charge is -2.28. The number of rotatable bonds is 5. The second-order valence-electron chi connectivity index (χ2n) is 9.16. The summed E-state index contributed by atoms with van der Waals surface area (Å²) in [6.45, 7) is 2.90. The minimum atomic E-state index is -0.0340. The third-order valence-corrected chi connectivity index (χ3v) is 6.77. The first-order chi connectivity index (χ1) is 16.8. The summed E-state index contributed by atoms with van der Waals surface area (Å²) < 4.78 is 14.2. The van der Waals surface area contributed by atoms with Crippen LogP contribution in [0.5, 0.6) is 11.5 Å². The molecule has 1 unspecified atom stereocenters. The second-order valence-corrected chi connectivity index (χ2v) is 9.16. The van der Waals surface area contributed by atoms with E-state index < -0.39 is 0 Å². The van der Waals surface area contributed by atoms with Crippen LogP contribution in [0.1, 0.15) is 44.8 Å². The quantitative estimate of drug-likeness (QED) is 0.341. The van der Waals surface area contributed by atoms with Crippen molar-refractivity contribution < 1.29 is 9.47 Å². The molecule has 0 N–H and O–H groups in total. The maximum atomic E-state index is 6.10. The van der Waals surface area contributed by atoms with Crippen LogP contribution in [0.4, 0.5) is 5.82 Å². The number of benzene rings is 2. The zero-order chi connectivity index (χ0) is 22.7. The minimum absolute atomic E-state index is 0.0340. The average Bonchev–Trinajstić information content (AvgIpc) is 3.35. The Morgan fingerprint density at radius 2 is 1.65 bits per heavy atom. The molecular formula is C28H30N4O2. The first kappa shape index (κ1) is 21.2. The van der Waals surface area contributed by atoms with Gasteiger partial charge in [-0.2, -0.15) is 5.10 Å². The largest absolute Gasteiger partial charge is 0.457 e. The molecule has 2 saturated heterocycles. The van der Waals surface area contributed by atoms with Gasteiger partial charge in [-0.1, -0.05) is 18.2 Å². The smallest absolute Gasteiger partial charge is 0.150 e. The van der Waals surface area contributed by atoms with E-state index in [2.05, 4.69) is 23.1 Å². The number of hydrogen-bond acceptors (Lipinski definition) is 5. The van der Waals surface area contributed by atoms with Crippen molar-refractivity contribution in [3.63, 3.8) is 0 Å². The molecule has 2 aromatic heterocycles. The molecule has 0 saturated carbocycles. The fraction of sp³-hybridized carbons (Fsp3) is 0.357. The Balaban J connectivity index is 1.41. The summed E-state index contributed by atoms with van der Waals surface area (Å²) >= 11 is 0. The number of pyridine rings is 1. The average molecular weight is 455 g/mol. The van der Waals surface area contributed by atoms with Crippen LogP contribution >= 0.6 is 0 Å². The van der Waals surface area contributed by atoms with Gasteiger partial charge in [0.1, 0.15) is 17.3 Å². The van der Waals surface area contributed by atoms with Crippen LogP contribution in [-0.2, 0) is 4.74 Å². The summed E-state index contributed by atoms with van der Waals surface area (Å²) in [6.07, 6.45) is 8.92. The van der Waals surface area contributed by atoms with Crippen molar-refractivity contribution in [1.29, 1.82) is 0 Å². The molecule has 34 heavy (non-hydrogen) atoms. The lowest BCUT2D eigenvalue weighted by Crippen LogP contribution is -2.30. The summed E-state index contributed by atoms with van der Waals surface area (Å²) in [4.78, 5) is 7.62. The maximum Gasteiger partial charge on any atom is 0.150 e. The van der Waals surface area contributed by atoms with Gasteiger partial charge in [-0.15, -0.1) is 0 Å². The van der Waals surface area contributed by atoms with E-state index in [1.807, 2.05) is 53.3 Å². The van der Waals surface area contributed by atoms with E-state index in [0.29, 0.717) is 0 Å². The number of anilines is 1. The van der Waals surface area contributed by atoms with Gasteiger partial charge in [-0.25, -0.2) is 9.67 Å². The summed E-state index contributed by atoms with van der Waals surface area (Å²) in [5, 5.41) is 5.89. The predicted octanol–water partition coefficient (Wildman–Crippen LogP) is 6.58. The van der Waals surface area contributed by atoms with Gasteiger partial charge in [0.05, 0.1) is 17.4 Å². The molecule has 2 aliphatic heterocycles. The Morgan fingerprint density at radius 3 is 2.41 bits per heavy atom. The van der Waals surface area contributed by atoms with Gasteiger partial charge in [0.2, 0.25) is 0 Å². The van der Waals surface area contributed by atoms with Crippen LogP contribution in [0.15, 0.2) is 66.9 Å². The number of nitrogens with zero attached hydrogens (tertiary/aromatic N) is 4. The zero-order valence-electron chi connectivity index (χ0n) is 19.4. The monoisotopic (exact) mass is 454 g/mol. The first-order valence-electron chi connectivity index (χ1n) is 12.4. The Kier molecular flexibility index (Phi) is 5.90. The molecule has 4 heterocycles. The third-order valence-electron chi connectivity index (χ3n) is 6.77. The van der Waals surface area contributed by atoms with Gasteiger partial charge in [0, 0.05) is 30.6 Å². The molecule has 0 bridgehead atoms. The zero-order valence-corrected chi connectivity index (χ0v) is 19.4. The van der Waals surface area contributed by atoms with E-state index in [0.717, 1.165) is 78.4 Å². The van der Waals surface area contributed by atoms with Crippen molar-refractivity contribution in [1.82, 2.24) is 14.8 Å². The van der Waals surface area contributed by atoms with Crippen molar-refractivity contribution in [2.24, 2.45) is 0 Å². The van der Waals surface area contributed by atoms with Gasteiger partial charge < -0.3 is 14.4 Å². The lowest BCUT2D eigenvalue weighted by atomic mass is 10.1. The van der Waals surface area contributed by atoms with Crippen LogP contribution < -0.4 is 9.64 Å². The molecule has 6 nitrogen and oxygen atoms in total. The van der Waals surface area contributed by atoms with Gasteiger partial charge in [0.15, 0.2) is 6.23 Å². The molecule has 174 valence electrons. The van der Waals surface area contributed by atoms with Crippen LogP contribution in [0, 0.1) is 0 Å². The SMILES string of the molecule is c1ccc(Oc2ccc(-c3nc(N4CCCCC4)cc4cnn(C5CCCCO5)c34)cc2)cc1. The summed E-state index contributed by atoms with van der Waals surface area (Å²) in [6, 6.07) is 20.3. The molecular weight excluding hydrogens is 424 g/mol. The van der Waals surface area contributed by atoms with Crippen molar-refractivity contribution in [3.05, 3.63) is 66.9 Å². The molecule has 0 spiro atoms. The van der Waals surface area contributed by atoms with Gasteiger partial charge >= 0.3 is 0 Å². The van der Waals surface area contributed by atoms with E-state index >= 15 is 0 Å². The minimum Gasteiger partial charge on any atom is -0.457 e. The molecule has 4 aromatic rings. The Bertz CT molecular complexity index is 1240. The molecule has 2 aromatic carbocycles. The molecule has 2 aliphatic rings. The number of para-hydroxylation sites is 1. The fourth-order valence-electron chi connectivity index (χ4n) is 4.99. The topological polar surface area (TPSA) is 52.4 Å². The molecule has 6 rings (SSSR count). The number of hydrogen-bond donors (Lipinski definition) is 0. The highest BCUT2D eigenvalue weighted by Crippen LogP contribution is 2.35. The van der Waals surface area contributed by atoms with Crippen LogP contribution in [0.25, 0.3) is 22.2 Å². The third kappa shape index (κ3) is 4.26. The van der Waals surface area contributed by atoms with Gasteiger partial charge in [0.25, 0.3) is 0 Å². The van der Waals surface area contributed by atoms with Crippen LogP contribution in [0.2, 0.25) is 0 Å². The van der Waals surface area contributed by atoms with E-state index in [4.69, 9.17) is 19.6 Å². The van der Waals surface area contributed by atoms with E-state index in [-0.39, 0.29) is 6.23 Å². The summed E-state index contributed by atoms with van der Waals surface area (Å²) in [5.41, 5.74) is 3.06. The van der Waals surface area contributed by atoms with Crippen molar-refractivity contribution >= 4 is 16.7 Å². The first-order valence-corrected chi connectivity index (χ1v) is 12.4. The highest BCUT2D eigenvalue weighted by Gasteiger charge is 2.23. The summed E-state index contributed by atoms with van der Waals surface area (Å²) in [7, 11) is 0. The molecule has 2 fully saturated rings. The molecule has 0 amide bonds. The van der Waals surface area contributed by atoms with Gasteiger partial charge in [-0.3, -0.25) is 0 Å². The van der Waals surface area contributed by atoms with Gasteiger partial charge in [-0.05, 0) is 81.0 Å². The number of piperidine rings is 1. The maximum absolute atomic E-state index is 6.10. The van der Waals surface area contributed by atoms with E-state index in [1.54, 1.807) is 0 Å². The lowest BCUT2D eigenvalue weighted by molar-refractivity contribution is -0.0366. The van der Waals surface area contributed by atoms with Crippen molar-refractivity contribution in [2.45, 2.75) is 44.8 Å². The van der Waals surface area contributed by atoms with Crippen LogP contribution in [0.3, 0.4) is 0 Å². The number of fused-ring (bicyclic) bond motifs is 1.